The zero-order valence-electron chi connectivity index (χ0n) is 5.83. The normalized spacial score (nSPS) is 7.40. The van der Waals surface area contributed by atoms with Crippen LogP contribution in [-0.4, -0.2) is 0 Å². The van der Waals surface area contributed by atoms with Crippen LogP contribution in [-0.2, 0) is 0 Å². The first-order chi connectivity index (χ1) is 4.93. The molecule has 0 heterocycles. The minimum atomic E-state index is 1.17. The standard InChI is InChI=1S/C8H8.H4N2/c1-2-8-6-4-3-5-7-8;1-2/h2-7H,1H2;1-2H2. The van der Waals surface area contributed by atoms with Gasteiger partial charge in [0.05, 0.1) is 0 Å². The molecule has 1 rings (SSSR count). The van der Waals surface area contributed by atoms with Gasteiger partial charge in [0, 0.05) is 0 Å². The van der Waals surface area contributed by atoms with Crippen molar-refractivity contribution in [3.8, 4) is 0 Å². The van der Waals surface area contributed by atoms with Gasteiger partial charge in [0.25, 0.3) is 0 Å². The fourth-order valence-electron chi connectivity index (χ4n) is 0.589. The van der Waals surface area contributed by atoms with E-state index in [0.717, 1.165) is 0 Å². The van der Waals surface area contributed by atoms with Crippen molar-refractivity contribution in [2.75, 3.05) is 0 Å². The Bertz CT molecular complexity index is 170. The van der Waals surface area contributed by atoms with E-state index in [1.807, 2.05) is 36.4 Å². The first-order valence-corrected chi connectivity index (χ1v) is 2.94. The molecule has 0 fully saturated rings. The maximum Gasteiger partial charge on any atom is -0.0263 e. The molecule has 0 bridgehead atoms. The molecule has 1 aromatic carbocycles. The van der Waals surface area contributed by atoms with Crippen LogP contribution in [0.5, 0.6) is 0 Å². The molecular formula is C8H12N2. The van der Waals surface area contributed by atoms with Crippen molar-refractivity contribution in [1.82, 2.24) is 0 Å². The van der Waals surface area contributed by atoms with Crippen molar-refractivity contribution >= 4 is 6.08 Å². The molecule has 0 saturated carbocycles. The Balaban J connectivity index is 0.000000371. The number of nitrogens with two attached hydrogens (primary N) is 2. The lowest BCUT2D eigenvalue weighted by Crippen LogP contribution is -2.02. The summed E-state index contributed by atoms with van der Waals surface area (Å²) in [6.07, 6.45) is 1.83. The first kappa shape index (κ1) is 8.88. The smallest absolute Gasteiger partial charge is 0.0263 e. The zero-order chi connectivity index (χ0) is 7.82. The summed E-state index contributed by atoms with van der Waals surface area (Å²) >= 11 is 0. The van der Waals surface area contributed by atoms with Crippen LogP contribution < -0.4 is 11.7 Å². The molecule has 0 aromatic heterocycles. The van der Waals surface area contributed by atoms with Gasteiger partial charge in [-0.2, -0.15) is 0 Å². The lowest BCUT2D eigenvalue weighted by Gasteiger charge is -1.85. The summed E-state index contributed by atoms with van der Waals surface area (Å²) in [5, 5.41) is 0. The first-order valence-electron chi connectivity index (χ1n) is 2.94. The Hall–Kier alpha value is -1.12. The van der Waals surface area contributed by atoms with Crippen LogP contribution in [0.15, 0.2) is 36.9 Å². The summed E-state index contributed by atoms with van der Waals surface area (Å²) in [7, 11) is 0. The van der Waals surface area contributed by atoms with Gasteiger partial charge in [-0.3, -0.25) is 11.7 Å². The summed E-state index contributed by atoms with van der Waals surface area (Å²) in [4.78, 5) is 0. The SMILES string of the molecule is C=Cc1ccccc1.NN. The largest absolute Gasteiger partial charge is 0.274 e. The molecule has 0 amide bonds. The van der Waals surface area contributed by atoms with Gasteiger partial charge in [-0.1, -0.05) is 43.0 Å². The van der Waals surface area contributed by atoms with E-state index in [-0.39, 0.29) is 0 Å². The minimum absolute atomic E-state index is 1.17. The summed E-state index contributed by atoms with van der Waals surface area (Å²) in [5.74, 6) is 8.00. The van der Waals surface area contributed by atoms with Gasteiger partial charge in [-0.25, -0.2) is 0 Å². The molecule has 54 valence electrons. The maximum atomic E-state index is 4.00. The summed E-state index contributed by atoms with van der Waals surface area (Å²) in [5.41, 5.74) is 1.17. The highest BCUT2D eigenvalue weighted by molar-refractivity contribution is 5.45. The molecule has 1 aromatic rings. The van der Waals surface area contributed by atoms with Gasteiger partial charge in [0.1, 0.15) is 0 Å². The molecule has 0 unspecified atom stereocenters. The Kier molecular flexibility index (Phi) is 5.33. The third-order valence-electron chi connectivity index (χ3n) is 1.04. The van der Waals surface area contributed by atoms with E-state index in [4.69, 9.17) is 0 Å². The second-order valence-corrected chi connectivity index (χ2v) is 1.61. The van der Waals surface area contributed by atoms with Crippen molar-refractivity contribution in [2.24, 2.45) is 11.7 Å². The maximum absolute atomic E-state index is 4.00. The van der Waals surface area contributed by atoms with Crippen LogP contribution >= 0.6 is 0 Å². The number of hydrogen-bond donors (Lipinski definition) is 2. The number of benzene rings is 1. The van der Waals surface area contributed by atoms with E-state index in [1.165, 1.54) is 5.56 Å². The molecule has 0 saturated heterocycles. The van der Waals surface area contributed by atoms with E-state index in [0.29, 0.717) is 0 Å². The van der Waals surface area contributed by atoms with Crippen LogP contribution in [0.2, 0.25) is 0 Å². The van der Waals surface area contributed by atoms with E-state index in [1.54, 1.807) is 0 Å². The van der Waals surface area contributed by atoms with Crippen LogP contribution in [0.3, 0.4) is 0 Å². The van der Waals surface area contributed by atoms with E-state index in [2.05, 4.69) is 18.3 Å². The topological polar surface area (TPSA) is 52.0 Å². The van der Waals surface area contributed by atoms with E-state index >= 15 is 0 Å². The molecule has 0 atom stereocenters. The second kappa shape index (κ2) is 6.01. The molecular weight excluding hydrogens is 124 g/mol. The van der Waals surface area contributed by atoms with Crippen LogP contribution in [0.25, 0.3) is 6.08 Å². The van der Waals surface area contributed by atoms with Gasteiger partial charge in [-0.15, -0.1) is 0 Å². The summed E-state index contributed by atoms with van der Waals surface area (Å²) in [6, 6.07) is 10.0. The average Bonchev–Trinajstić information content (AvgIpc) is 2.10. The Morgan fingerprint density at radius 2 is 1.60 bits per heavy atom. The van der Waals surface area contributed by atoms with Crippen LogP contribution in [0.4, 0.5) is 0 Å². The predicted octanol–water partition coefficient (Wildman–Crippen LogP) is 1.15. The highest BCUT2D eigenvalue weighted by atomic mass is 15.0. The molecule has 10 heavy (non-hydrogen) atoms. The monoisotopic (exact) mass is 136 g/mol. The Labute approximate surface area is 61.1 Å². The second-order valence-electron chi connectivity index (χ2n) is 1.61. The van der Waals surface area contributed by atoms with Crippen LogP contribution in [0, 0.1) is 0 Å². The average molecular weight is 136 g/mol. The van der Waals surface area contributed by atoms with Crippen LogP contribution in [0.1, 0.15) is 5.56 Å². The molecule has 2 heteroatoms. The Morgan fingerprint density at radius 1 is 1.10 bits per heavy atom. The van der Waals surface area contributed by atoms with Gasteiger partial charge in [-0.05, 0) is 5.56 Å². The van der Waals surface area contributed by atoms with Gasteiger partial charge in [0.15, 0.2) is 0 Å². The molecule has 0 spiro atoms. The molecule has 2 nitrogen and oxygen atoms in total. The summed E-state index contributed by atoms with van der Waals surface area (Å²) in [6.45, 7) is 3.63. The van der Waals surface area contributed by atoms with Gasteiger partial charge in [0.2, 0.25) is 0 Å². The lowest BCUT2D eigenvalue weighted by molar-refractivity contribution is 1.26. The van der Waals surface area contributed by atoms with E-state index < -0.39 is 0 Å². The number of rotatable bonds is 1. The lowest BCUT2D eigenvalue weighted by atomic mass is 10.2. The van der Waals surface area contributed by atoms with Crippen molar-refractivity contribution in [3.05, 3.63) is 42.5 Å². The fourth-order valence-corrected chi connectivity index (χ4v) is 0.589. The third kappa shape index (κ3) is 3.02. The highest BCUT2D eigenvalue weighted by Crippen LogP contribution is 1.97. The fraction of sp³-hybridized carbons (Fsp3) is 0. The Morgan fingerprint density at radius 3 is 1.90 bits per heavy atom. The predicted molar refractivity (Wildman–Crippen MR) is 44.9 cm³/mol. The van der Waals surface area contributed by atoms with E-state index in [9.17, 15) is 0 Å². The third-order valence-corrected chi connectivity index (χ3v) is 1.04. The highest BCUT2D eigenvalue weighted by Gasteiger charge is 1.75. The van der Waals surface area contributed by atoms with Gasteiger partial charge < -0.3 is 0 Å². The van der Waals surface area contributed by atoms with Crippen molar-refractivity contribution in [1.29, 1.82) is 0 Å². The minimum Gasteiger partial charge on any atom is -0.274 e. The van der Waals surface area contributed by atoms with Crippen molar-refractivity contribution in [3.63, 3.8) is 0 Å². The molecule has 0 radical (unpaired) electrons. The van der Waals surface area contributed by atoms with Crippen molar-refractivity contribution in [2.45, 2.75) is 0 Å². The molecule has 0 aliphatic carbocycles. The zero-order valence-corrected chi connectivity index (χ0v) is 5.83. The number of hydrazine groups is 1. The molecule has 0 aliphatic heterocycles. The summed E-state index contributed by atoms with van der Waals surface area (Å²) < 4.78 is 0. The quantitative estimate of drug-likeness (QED) is 0.449. The molecule has 0 aliphatic rings. The number of hydrogen-bond acceptors (Lipinski definition) is 2. The molecule has 4 N–H and O–H groups in total. The van der Waals surface area contributed by atoms with Crippen molar-refractivity contribution < 1.29 is 0 Å². The van der Waals surface area contributed by atoms with Gasteiger partial charge >= 0.3 is 0 Å².